The highest BCUT2D eigenvalue weighted by Crippen LogP contribution is 2.56. The molecule has 40 nitrogen and oxygen atoms in total. The van der Waals surface area contributed by atoms with Crippen LogP contribution >= 0.6 is 23.2 Å². The second-order valence-electron chi connectivity index (χ2n) is 33.0. The zero-order chi connectivity index (χ0) is 95.7. The fraction of sp³-hybridized carbons (Fsp3) is 0.384. The molecule has 6 aliphatic rings. The number of hydrogen-bond acceptors (Lipinski definition) is 29. The summed E-state index contributed by atoms with van der Waals surface area (Å²) in [4.78, 5) is 149. The average Bonchev–Trinajstić information content (AvgIpc) is 1.55. The van der Waals surface area contributed by atoms with Crippen LogP contribution in [0, 0.1) is 11.8 Å². The number of anilines is 1. The van der Waals surface area contributed by atoms with Crippen molar-refractivity contribution in [3.63, 3.8) is 0 Å². The largest absolute Gasteiger partial charge is 0.573 e. The Morgan fingerprint density at radius 1 is 0.740 bits per heavy atom. The summed E-state index contributed by atoms with van der Waals surface area (Å²) in [6.45, 7) is 7.12. The monoisotopic (exact) mass is 1870 g/mol. The van der Waals surface area contributed by atoms with Crippen molar-refractivity contribution in [1.82, 2.24) is 37.4 Å². The molecule has 7 aromatic carbocycles. The lowest BCUT2D eigenvalue weighted by Gasteiger charge is -2.47. The Balaban J connectivity index is 0.944. The summed E-state index contributed by atoms with van der Waals surface area (Å²) in [5, 5.41) is 120. The SMILES string of the molecule is CC(C)C[C@@H](N)C(=O)N[C@@H](C(=O)NC1(C(N)=O)C[C@H]1C(N)=O)[C@H](O)c1ccc(Oc2cc3cc(c2O[C@@H]2O[C@H](CO)[C@@H](O)[C@H](O)[C@H]2O[C@H]2CC24C[C@](C)(NCc2cccc(NC(=O)c5ccc(OC(F)(F)F)cc5)c2)[C@H](O)[C@H](C)O4)Oc2ccc(cc2Cl)[C@@H](O)CC(=O)N[C@@H](C(=O)NNC(=O)C(N)=O)c2cc(O)cc(O)c2-c2cc(ccc2O)[C@H](C(N)=O)NC(=O)[C@@H]3C)c(Cl)c1. The highest BCUT2D eigenvalue weighted by molar-refractivity contribution is 6.34. The van der Waals surface area contributed by atoms with Crippen molar-refractivity contribution < 1.29 is 145 Å². The fourth-order valence-electron chi connectivity index (χ4n) is 15.9. The van der Waals surface area contributed by atoms with Gasteiger partial charge in [0, 0.05) is 46.9 Å². The Labute approximate surface area is 752 Å². The van der Waals surface area contributed by atoms with E-state index in [2.05, 4.69) is 36.6 Å². The number of nitrogens with two attached hydrogens (primary N) is 5. The maximum absolute atomic E-state index is 15.3. The molecule has 700 valence electrons. The lowest BCUT2D eigenvalue weighted by molar-refractivity contribution is -0.295. The number of carbonyl (C=O) groups is 11. The van der Waals surface area contributed by atoms with E-state index in [9.17, 15) is 107 Å². The highest BCUT2D eigenvalue weighted by atomic mass is 35.5. The lowest BCUT2D eigenvalue weighted by atomic mass is 9.81. The summed E-state index contributed by atoms with van der Waals surface area (Å²) >= 11 is 14.3. The van der Waals surface area contributed by atoms with E-state index >= 15 is 4.79 Å². The van der Waals surface area contributed by atoms with E-state index in [1.807, 2.05) is 5.43 Å². The number of aliphatic hydroxyl groups is 6. The molecule has 7 aromatic rings. The van der Waals surface area contributed by atoms with Gasteiger partial charge >= 0.3 is 18.2 Å². The number of primary amides is 4. The average molecular weight is 1870 g/mol. The van der Waals surface area contributed by atoms with E-state index in [0.717, 1.165) is 91.0 Å². The minimum absolute atomic E-state index is 0.00440. The number of aromatic hydroxyl groups is 3. The summed E-state index contributed by atoms with van der Waals surface area (Å²) in [5.74, 6) is -21.8. The zero-order valence-corrected chi connectivity index (χ0v) is 71.6. The molecule has 0 radical (unpaired) electrons. The minimum atomic E-state index is -4.97. The third-order valence-electron chi connectivity index (χ3n) is 22.9. The van der Waals surface area contributed by atoms with Crippen molar-refractivity contribution in [2.45, 2.75) is 188 Å². The van der Waals surface area contributed by atoms with E-state index in [-0.39, 0.29) is 77.4 Å². The number of alkyl halides is 3. The van der Waals surface area contributed by atoms with Crippen molar-refractivity contribution in [3.8, 4) is 62.9 Å². The van der Waals surface area contributed by atoms with Crippen LogP contribution in [0.15, 0.2) is 127 Å². The van der Waals surface area contributed by atoms with Crippen molar-refractivity contribution in [2.24, 2.45) is 40.5 Å². The van der Waals surface area contributed by atoms with Crippen LogP contribution in [0.2, 0.25) is 10.0 Å². The van der Waals surface area contributed by atoms with E-state index < -0.39 is 271 Å². The summed E-state index contributed by atoms with van der Waals surface area (Å²) in [5.41, 5.74) is 26.0. The van der Waals surface area contributed by atoms with Gasteiger partial charge in [-0.2, -0.15) is 0 Å². The van der Waals surface area contributed by atoms with E-state index in [0.29, 0.717) is 5.56 Å². The Bertz CT molecular complexity index is 5630. The zero-order valence-electron chi connectivity index (χ0n) is 70.0. The molecule has 0 aromatic heterocycles. The van der Waals surface area contributed by atoms with Crippen LogP contribution in [0.4, 0.5) is 18.9 Å². The number of phenolic OH excluding ortho intramolecular Hbond substituents is 3. The summed E-state index contributed by atoms with van der Waals surface area (Å²) in [7, 11) is 0. The molecule has 2 unspecified atom stereocenters. The smallest absolute Gasteiger partial charge is 0.508 e. The van der Waals surface area contributed by atoms with E-state index in [1.54, 1.807) is 57.4 Å². The number of fused-ring (bicyclic) bond motifs is 9. The number of ether oxygens (including phenoxy) is 7. The van der Waals surface area contributed by atoms with E-state index in [4.69, 9.17) is 80.3 Å². The normalized spacial score (nSPS) is 26.0. The first kappa shape index (κ1) is 97.3. The van der Waals surface area contributed by atoms with Crippen molar-refractivity contribution in [2.75, 3.05) is 11.9 Å². The maximum atomic E-state index is 15.3. The molecule has 2 saturated heterocycles. The summed E-state index contributed by atoms with van der Waals surface area (Å²) in [6, 6.07) is 17.1. The first-order valence-electron chi connectivity index (χ1n) is 40.6. The predicted octanol–water partition coefficient (Wildman–Crippen LogP) is 2.36. The molecule has 6 bridgehead atoms. The Morgan fingerprint density at radius 3 is 2.09 bits per heavy atom. The Hall–Kier alpha value is -12.8. The van der Waals surface area contributed by atoms with Gasteiger partial charge in [0.2, 0.25) is 53.4 Å². The number of rotatable bonds is 25. The van der Waals surface area contributed by atoms with E-state index in [1.165, 1.54) is 19.1 Å². The molecule has 4 fully saturated rings. The molecule has 19 atom stereocenters. The molecule has 2 saturated carbocycles. The molecule has 4 aliphatic heterocycles. The number of hydrogen-bond donors (Lipinski definition) is 22. The molecule has 11 amide bonds. The number of phenols is 3. The first-order chi connectivity index (χ1) is 61.6. The molecular weight excluding hydrogens is 1770 g/mol. The van der Waals surface area contributed by atoms with Gasteiger partial charge in [-0.25, -0.2) is 0 Å². The number of carbonyl (C=O) groups excluding carboxylic acids is 11. The topological polar surface area (TPSA) is 661 Å². The van der Waals surface area contributed by atoms with Crippen molar-refractivity contribution in [1.29, 1.82) is 0 Å². The molecular formula is C86H94Cl2F3N13O27. The van der Waals surface area contributed by atoms with Crippen LogP contribution in [0.1, 0.15) is 141 Å². The summed E-state index contributed by atoms with van der Waals surface area (Å²) in [6.07, 6.45) is -23.2. The van der Waals surface area contributed by atoms with Gasteiger partial charge in [0.25, 0.3) is 11.8 Å². The second kappa shape index (κ2) is 39.1. The highest BCUT2D eigenvalue weighted by Gasteiger charge is 2.67. The van der Waals surface area contributed by atoms with Crippen LogP contribution in [0.25, 0.3) is 11.1 Å². The number of nitrogens with one attached hydrogen (secondary N) is 8. The van der Waals surface area contributed by atoms with Gasteiger partial charge in [-0.1, -0.05) is 67.4 Å². The minimum Gasteiger partial charge on any atom is -0.508 e. The lowest BCUT2D eigenvalue weighted by Crippen LogP contribution is -2.64. The predicted molar refractivity (Wildman–Crippen MR) is 451 cm³/mol. The Morgan fingerprint density at radius 2 is 1.45 bits per heavy atom. The summed E-state index contributed by atoms with van der Waals surface area (Å²) < 4.78 is 82.4. The quantitative estimate of drug-likeness (QED) is 0.0288. The molecule has 2 aliphatic carbocycles. The van der Waals surface area contributed by atoms with Crippen LogP contribution in [-0.4, -0.2) is 202 Å². The molecule has 27 N–H and O–H groups in total. The van der Waals surface area contributed by atoms with Crippen LogP contribution in [0.5, 0.6) is 51.7 Å². The first-order valence-corrected chi connectivity index (χ1v) is 41.3. The number of hydrazine groups is 1. The molecule has 131 heavy (non-hydrogen) atoms. The van der Waals surface area contributed by atoms with Crippen molar-refractivity contribution >= 4 is 93.9 Å². The van der Waals surface area contributed by atoms with Crippen LogP contribution in [0.3, 0.4) is 0 Å². The van der Waals surface area contributed by atoms with Gasteiger partial charge in [-0.15, -0.1) is 13.2 Å². The standard InChI is InChI=1S/C86H94Cl2F3N13O27/c1-34(2)19-51(92)77(120)101-65(78(121)102-85(82(96)124)29-48(85)72(93)115)66(111)41-13-18-56(50(88)23-41)126-58-25-42-24-57(69(58)129-81-70(68(113)67(112)59(32-105)127-81)128-60-30-84(60)33-83(5,71(114)36(4)130-84)97-31-37-7-6-8-43(20-37)98-76(119)38-9-14-45(15-10-38)131-86(89,90)91)125-55-17-12-39(22-49(55)87)53(108)28-61(110)99-64(79(122)103-104-80(123)74(95)117)47-26-44(106)27-54(109)62(47)46-21-40(11-16-52(46)107)63(73(94)116)100-75(118)35(42)3/h6-18,20-27,34-36,48,51,53,59-60,63-68,70-71,81,97,105-109,111-114H,19,28-33,92H2,1-5H3,(H2,93,115)(H2,94,116)(H2,95,117)(H2,96,124)(H,98,119)(H,99,110)(H,100,118)(H,101,120)(H,102,121)(H,103,122)(H,104,123)/t35-,36+,48+,51-,53+,59-,60+,63-,64-,65-,66-,67-,68+,70-,71-,81+,83+,84?,85?/m1/s1. The van der Waals surface area contributed by atoms with Gasteiger partial charge in [0.05, 0.1) is 71.0 Å². The number of halogens is 5. The number of aliphatic hydroxyl groups excluding tert-OH is 6. The maximum Gasteiger partial charge on any atom is 0.573 e. The molecule has 45 heteroatoms. The molecule has 4 heterocycles. The third kappa shape index (κ3) is 22.0. The third-order valence-corrected chi connectivity index (χ3v) is 23.5. The number of amides is 11. The number of benzene rings is 7. The van der Waals surface area contributed by atoms with Crippen LogP contribution in [-0.2, 0) is 68.7 Å². The Kier molecular flexibility index (Phi) is 29.1. The van der Waals surface area contributed by atoms with Crippen LogP contribution < -0.4 is 90.4 Å². The molecule has 13 rings (SSSR count). The van der Waals surface area contributed by atoms with Gasteiger partial charge < -0.3 is 140 Å². The van der Waals surface area contributed by atoms with Gasteiger partial charge in [0.15, 0.2) is 11.5 Å². The van der Waals surface area contributed by atoms with Gasteiger partial charge in [-0.3, -0.25) is 63.6 Å². The molecule has 1 spiro atoms. The van der Waals surface area contributed by atoms with Gasteiger partial charge in [-0.05, 0) is 170 Å². The fourth-order valence-corrected chi connectivity index (χ4v) is 16.3. The van der Waals surface area contributed by atoms with Gasteiger partial charge in [0.1, 0.15) is 88.7 Å². The van der Waals surface area contributed by atoms with Crippen molar-refractivity contribution in [3.05, 3.63) is 176 Å². The second-order valence-corrected chi connectivity index (χ2v) is 33.8.